The molecule has 1 fully saturated rings. The van der Waals surface area contributed by atoms with Crippen LogP contribution in [0.2, 0.25) is 0 Å². The van der Waals surface area contributed by atoms with E-state index in [9.17, 15) is 0 Å². The van der Waals surface area contributed by atoms with Gasteiger partial charge < -0.3 is 10.1 Å². The SMILES string of the molecule is CCNC(C)c1ccc(OC2CCC(C)C(C)C2)c(Br)c1. The first kappa shape index (κ1) is 16.8. The van der Waals surface area contributed by atoms with Crippen LogP contribution in [0.4, 0.5) is 0 Å². The maximum absolute atomic E-state index is 6.23. The van der Waals surface area contributed by atoms with Gasteiger partial charge in [0.25, 0.3) is 0 Å². The molecule has 1 aliphatic rings. The van der Waals surface area contributed by atoms with E-state index in [-0.39, 0.29) is 0 Å². The molecule has 2 nitrogen and oxygen atoms in total. The Balaban J connectivity index is 2.01. The summed E-state index contributed by atoms with van der Waals surface area (Å²) in [5, 5.41) is 3.44. The Hall–Kier alpha value is -0.540. The van der Waals surface area contributed by atoms with E-state index in [0.29, 0.717) is 12.1 Å². The normalized spacial score (nSPS) is 27.4. The Morgan fingerprint density at radius 3 is 2.67 bits per heavy atom. The third kappa shape index (κ3) is 4.46. The zero-order valence-corrected chi connectivity index (χ0v) is 15.2. The maximum Gasteiger partial charge on any atom is 0.133 e. The number of halogens is 1. The Kier molecular flexibility index (Phi) is 6.12. The molecule has 0 saturated heterocycles. The van der Waals surface area contributed by atoms with Crippen LogP contribution in [0, 0.1) is 11.8 Å². The van der Waals surface area contributed by atoms with Crippen molar-refractivity contribution >= 4 is 15.9 Å². The van der Waals surface area contributed by atoms with Crippen LogP contribution >= 0.6 is 15.9 Å². The fourth-order valence-corrected chi connectivity index (χ4v) is 3.58. The molecule has 4 unspecified atom stereocenters. The Morgan fingerprint density at radius 2 is 2.05 bits per heavy atom. The quantitative estimate of drug-likeness (QED) is 0.772. The second-order valence-electron chi connectivity index (χ2n) is 6.48. The second kappa shape index (κ2) is 7.64. The average molecular weight is 354 g/mol. The first-order valence-corrected chi connectivity index (χ1v) is 9.00. The highest BCUT2D eigenvalue weighted by Crippen LogP contribution is 2.35. The highest BCUT2D eigenvalue weighted by Gasteiger charge is 2.26. The van der Waals surface area contributed by atoms with Gasteiger partial charge >= 0.3 is 0 Å². The van der Waals surface area contributed by atoms with E-state index in [4.69, 9.17) is 4.74 Å². The molecule has 4 atom stereocenters. The summed E-state index contributed by atoms with van der Waals surface area (Å²) in [6, 6.07) is 6.83. The van der Waals surface area contributed by atoms with Crippen molar-refractivity contribution in [3.05, 3.63) is 28.2 Å². The largest absolute Gasteiger partial charge is 0.489 e. The van der Waals surface area contributed by atoms with Crippen molar-refractivity contribution in [1.82, 2.24) is 5.32 Å². The summed E-state index contributed by atoms with van der Waals surface area (Å²) >= 11 is 3.67. The van der Waals surface area contributed by atoms with Crippen molar-refractivity contribution < 1.29 is 4.74 Å². The van der Waals surface area contributed by atoms with Gasteiger partial charge in [-0.15, -0.1) is 0 Å². The van der Waals surface area contributed by atoms with Crippen LogP contribution in [0.5, 0.6) is 5.75 Å². The third-order valence-electron chi connectivity index (χ3n) is 4.81. The zero-order chi connectivity index (χ0) is 15.4. The second-order valence-corrected chi connectivity index (χ2v) is 7.33. The van der Waals surface area contributed by atoms with Gasteiger partial charge in [0.1, 0.15) is 5.75 Å². The smallest absolute Gasteiger partial charge is 0.133 e. The minimum atomic E-state index is 0.365. The number of hydrogen-bond acceptors (Lipinski definition) is 2. The third-order valence-corrected chi connectivity index (χ3v) is 5.43. The molecule has 118 valence electrons. The van der Waals surface area contributed by atoms with Gasteiger partial charge in [0.15, 0.2) is 0 Å². The monoisotopic (exact) mass is 353 g/mol. The van der Waals surface area contributed by atoms with E-state index < -0.39 is 0 Å². The summed E-state index contributed by atoms with van der Waals surface area (Å²) in [6.07, 6.45) is 3.99. The molecule has 0 aromatic heterocycles. The lowest BCUT2D eigenvalue weighted by Gasteiger charge is -2.32. The van der Waals surface area contributed by atoms with E-state index in [0.717, 1.165) is 28.6 Å². The Labute approximate surface area is 137 Å². The van der Waals surface area contributed by atoms with Gasteiger partial charge in [0, 0.05) is 6.04 Å². The molecule has 1 aromatic rings. The Bertz CT molecular complexity index is 463. The first-order valence-electron chi connectivity index (χ1n) is 8.20. The first-order chi connectivity index (χ1) is 10.0. The lowest BCUT2D eigenvalue weighted by molar-refractivity contribution is 0.0999. The Morgan fingerprint density at radius 1 is 1.29 bits per heavy atom. The van der Waals surface area contributed by atoms with Crippen LogP contribution in [0.25, 0.3) is 0 Å². The molecule has 0 radical (unpaired) electrons. The lowest BCUT2D eigenvalue weighted by Crippen LogP contribution is -2.28. The molecular formula is C18H28BrNO. The van der Waals surface area contributed by atoms with Crippen molar-refractivity contribution in [2.75, 3.05) is 6.54 Å². The molecule has 3 heteroatoms. The molecule has 0 heterocycles. The minimum Gasteiger partial charge on any atom is -0.489 e. The van der Waals surface area contributed by atoms with Crippen molar-refractivity contribution in [3.63, 3.8) is 0 Å². The summed E-state index contributed by atoms with van der Waals surface area (Å²) in [5.74, 6) is 2.57. The molecule has 21 heavy (non-hydrogen) atoms. The van der Waals surface area contributed by atoms with E-state index >= 15 is 0 Å². The fraction of sp³-hybridized carbons (Fsp3) is 0.667. The van der Waals surface area contributed by atoms with Crippen LogP contribution in [0.1, 0.15) is 58.6 Å². The molecule has 2 rings (SSSR count). The van der Waals surface area contributed by atoms with Crippen molar-refractivity contribution in [2.45, 2.75) is 59.1 Å². The van der Waals surface area contributed by atoms with E-state index in [2.05, 4.69) is 67.1 Å². The van der Waals surface area contributed by atoms with Gasteiger partial charge in [-0.25, -0.2) is 0 Å². The van der Waals surface area contributed by atoms with Gasteiger partial charge in [0.2, 0.25) is 0 Å². The maximum atomic E-state index is 6.23. The number of ether oxygens (including phenoxy) is 1. The minimum absolute atomic E-state index is 0.365. The summed E-state index contributed by atoms with van der Waals surface area (Å²) in [6.45, 7) is 10.0. The van der Waals surface area contributed by atoms with E-state index in [1.807, 2.05) is 0 Å². The predicted octanol–water partition coefficient (Wildman–Crippen LogP) is 5.32. The average Bonchev–Trinajstić information content (AvgIpc) is 2.45. The molecule has 0 spiro atoms. The summed E-state index contributed by atoms with van der Waals surface area (Å²) in [7, 11) is 0. The molecule has 1 saturated carbocycles. The number of benzene rings is 1. The summed E-state index contributed by atoms with van der Waals surface area (Å²) in [4.78, 5) is 0. The van der Waals surface area contributed by atoms with Crippen molar-refractivity contribution in [3.8, 4) is 5.75 Å². The number of rotatable bonds is 5. The lowest BCUT2D eigenvalue weighted by atomic mass is 9.80. The van der Waals surface area contributed by atoms with Gasteiger partial charge in [-0.1, -0.05) is 26.8 Å². The van der Waals surface area contributed by atoms with Crippen LogP contribution in [0.3, 0.4) is 0 Å². The molecule has 1 aromatic carbocycles. The van der Waals surface area contributed by atoms with Gasteiger partial charge in [-0.2, -0.15) is 0 Å². The van der Waals surface area contributed by atoms with Gasteiger partial charge in [-0.05, 0) is 78.2 Å². The van der Waals surface area contributed by atoms with Gasteiger partial charge in [-0.3, -0.25) is 0 Å². The fourth-order valence-electron chi connectivity index (χ4n) is 3.09. The molecular weight excluding hydrogens is 326 g/mol. The molecule has 0 amide bonds. The summed E-state index contributed by atoms with van der Waals surface area (Å²) in [5.41, 5.74) is 1.29. The molecule has 1 aliphatic carbocycles. The van der Waals surface area contributed by atoms with E-state index in [1.165, 1.54) is 24.8 Å². The topological polar surface area (TPSA) is 21.3 Å². The highest BCUT2D eigenvalue weighted by molar-refractivity contribution is 9.10. The van der Waals surface area contributed by atoms with Crippen molar-refractivity contribution in [2.24, 2.45) is 11.8 Å². The van der Waals surface area contributed by atoms with Crippen LogP contribution in [-0.2, 0) is 0 Å². The zero-order valence-electron chi connectivity index (χ0n) is 13.7. The van der Waals surface area contributed by atoms with Gasteiger partial charge in [0.05, 0.1) is 10.6 Å². The number of nitrogens with one attached hydrogen (secondary N) is 1. The summed E-state index contributed by atoms with van der Waals surface area (Å²) < 4.78 is 7.30. The molecule has 0 bridgehead atoms. The van der Waals surface area contributed by atoms with Crippen LogP contribution < -0.4 is 10.1 Å². The molecule has 1 N–H and O–H groups in total. The standard InChI is InChI=1S/C18H28BrNO/c1-5-20-14(4)15-7-9-18(17(19)11-15)21-16-8-6-12(2)13(3)10-16/h7,9,11-14,16,20H,5-6,8,10H2,1-4H3. The predicted molar refractivity (Wildman–Crippen MR) is 92.8 cm³/mol. The van der Waals surface area contributed by atoms with Crippen LogP contribution in [-0.4, -0.2) is 12.6 Å². The van der Waals surface area contributed by atoms with E-state index in [1.54, 1.807) is 0 Å². The molecule has 0 aliphatic heterocycles. The number of hydrogen-bond donors (Lipinski definition) is 1. The van der Waals surface area contributed by atoms with Crippen LogP contribution in [0.15, 0.2) is 22.7 Å². The van der Waals surface area contributed by atoms with Crippen molar-refractivity contribution in [1.29, 1.82) is 0 Å². The highest BCUT2D eigenvalue weighted by atomic mass is 79.9.